The molecule has 68 heavy (non-hydrogen) atoms. The predicted octanol–water partition coefficient (Wildman–Crippen LogP) is 9.76. The maximum absolute atomic E-state index is 12.9. The van der Waals surface area contributed by atoms with Gasteiger partial charge >= 0.3 is 18.0 Å². The van der Waals surface area contributed by atoms with Gasteiger partial charge in [0.25, 0.3) is 0 Å². The van der Waals surface area contributed by atoms with Crippen LogP contribution in [0.25, 0.3) is 0 Å². The average molecular weight is 923 g/mol. The fraction of sp³-hybridized carbons (Fsp3) is 0.304. The lowest BCUT2D eigenvalue weighted by Gasteiger charge is -2.28. The van der Waals surface area contributed by atoms with Crippen molar-refractivity contribution in [1.82, 2.24) is 10.2 Å². The van der Waals surface area contributed by atoms with Crippen LogP contribution in [0.1, 0.15) is 97.6 Å². The van der Waals surface area contributed by atoms with E-state index in [1.807, 2.05) is 95.9 Å². The van der Waals surface area contributed by atoms with E-state index >= 15 is 0 Å². The fourth-order valence-corrected chi connectivity index (χ4v) is 7.68. The van der Waals surface area contributed by atoms with Crippen LogP contribution < -0.4 is 14.8 Å². The molecule has 2 atom stereocenters. The molecule has 12 heteroatoms. The van der Waals surface area contributed by atoms with Crippen LogP contribution >= 0.6 is 0 Å². The standard InChI is InChI=1S/C56H62N2O10/c1-64-54(61)48-34-46(28-30-52(48)66-38-43-18-6-3-7-19-43)50(59)36-58(37-51(60)47-29-31-53(49(35-47)55(62)65-2)67-39-44-20-8-4-9-21-44)33-15-13-17-42-26-24-41(25-27-42)16-12-14-32-57-56(63)68-40-45-22-10-5-11-23-45/h3-11,18-31,34-35,50-51,59-60H,12-17,32-33,36-40H2,1-2H3,(H,57,63)/t50-,51-/m0/s1. The maximum atomic E-state index is 12.9. The molecule has 0 saturated heterocycles. The van der Waals surface area contributed by atoms with E-state index in [2.05, 4.69) is 29.6 Å². The molecule has 0 fully saturated rings. The number of aryl methyl sites for hydroxylation is 2. The van der Waals surface area contributed by atoms with Gasteiger partial charge in [0.15, 0.2) is 0 Å². The van der Waals surface area contributed by atoms with Gasteiger partial charge in [-0.3, -0.25) is 4.90 Å². The number of unbranched alkanes of at least 4 members (excludes halogenated alkanes) is 2. The molecule has 0 aliphatic rings. The van der Waals surface area contributed by atoms with E-state index in [-0.39, 0.29) is 44.0 Å². The second-order valence-corrected chi connectivity index (χ2v) is 16.6. The number of hydrogen-bond acceptors (Lipinski definition) is 11. The molecule has 0 radical (unpaired) electrons. The first-order chi connectivity index (χ1) is 33.2. The summed E-state index contributed by atoms with van der Waals surface area (Å²) in [5, 5.41) is 26.2. The number of rotatable bonds is 26. The molecule has 0 spiro atoms. The van der Waals surface area contributed by atoms with Crippen molar-refractivity contribution in [1.29, 1.82) is 0 Å². The highest BCUT2D eigenvalue weighted by molar-refractivity contribution is 5.93. The molecular formula is C56H62N2O10. The summed E-state index contributed by atoms with van der Waals surface area (Å²) in [6.07, 6.45) is 2.64. The molecule has 1 amide bonds. The van der Waals surface area contributed by atoms with Crippen LogP contribution in [0.3, 0.4) is 0 Å². The highest BCUT2D eigenvalue weighted by atomic mass is 16.5. The van der Waals surface area contributed by atoms with Gasteiger partial charge in [-0.25, -0.2) is 14.4 Å². The number of ether oxygens (including phenoxy) is 5. The van der Waals surface area contributed by atoms with Crippen LogP contribution in [-0.4, -0.2) is 73.5 Å². The van der Waals surface area contributed by atoms with Crippen LogP contribution in [0.5, 0.6) is 11.5 Å². The van der Waals surface area contributed by atoms with Gasteiger partial charge in [0.05, 0.1) is 26.4 Å². The van der Waals surface area contributed by atoms with Gasteiger partial charge in [-0.15, -0.1) is 0 Å². The van der Waals surface area contributed by atoms with Crippen LogP contribution in [-0.2, 0) is 46.9 Å². The monoisotopic (exact) mass is 922 g/mol. The second kappa shape index (κ2) is 27.0. The minimum atomic E-state index is -1.04. The first-order valence-corrected chi connectivity index (χ1v) is 23.1. The zero-order valence-electron chi connectivity index (χ0n) is 38.9. The highest BCUT2D eigenvalue weighted by Crippen LogP contribution is 2.29. The fourth-order valence-electron chi connectivity index (χ4n) is 7.68. The summed E-state index contributed by atoms with van der Waals surface area (Å²) in [5.41, 5.74) is 6.61. The molecular weight excluding hydrogens is 861 g/mol. The summed E-state index contributed by atoms with van der Waals surface area (Å²) in [7, 11) is 2.60. The van der Waals surface area contributed by atoms with Gasteiger partial charge in [0.2, 0.25) is 0 Å². The van der Waals surface area contributed by atoms with Crippen molar-refractivity contribution in [3.8, 4) is 11.5 Å². The topological polar surface area (TPSA) is 153 Å². The van der Waals surface area contributed by atoms with Gasteiger partial charge in [0, 0.05) is 19.6 Å². The Kier molecular flexibility index (Phi) is 20.0. The van der Waals surface area contributed by atoms with Crippen molar-refractivity contribution >= 4 is 18.0 Å². The van der Waals surface area contributed by atoms with Gasteiger partial charge in [0.1, 0.15) is 42.4 Å². The Morgan fingerprint density at radius 2 is 0.941 bits per heavy atom. The summed E-state index contributed by atoms with van der Waals surface area (Å²) >= 11 is 0. The lowest BCUT2D eigenvalue weighted by molar-refractivity contribution is 0.0586. The van der Waals surface area contributed by atoms with Crippen LogP contribution in [0, 0.1) is 0 Å². The number of methoxy groups -OCH3 is 2. The van der Waals surface area contributed by atoms with Crippen molar-refractivity contribution in [3.63, 3.8) is 0 Å². The first kappa shape index (κ1) is 50.4. The molecule has 6 aromatic carbocycles. The van der Waals surface area contributed by atoms with Gasteiger partial charge in [-0.05, 0) is 108 Å². The maximum Gasteiger partial charge on any atom is 0.407 e. The summed E-state index contributed by atoms with van der Waals surface area (Å²) in [6.45, 7) is 2.11. The minimum Gasteiger partial charge on any atom is -0.488 e. The van der Waals surface area contributed by atoms with Gasteiger partial charge < -0.3 is 39.2 Å². The van der Waals surface area contributed by atoms with Gasteiger partial charge in [-0.2, -0.15) is 0 Å². The molecule has 0 aliphatic carbocycles. The summed E-state index contributed by atoms with van der Waals surface area (Å²) in [4.78, 5) is 39.9. The van der Waals surface area contributed by atoms with E-state index < -0.39 is 30.2 Å². The number of aliphatic hydroxyl groups is 2. The lowest BCUT2D eigenvalue weighted by atomic mass is 10.0. The smallest absolute Gasteiger partial charge is 0.407 e. The van der Waals surface area contributed by atoms with Crippen molar-refractivity contribution in [2.75, 3.05) is 40.4 Å². The molecule has 356 valence electrons. The van der Waals surface area contributed by atoms with E-state index in [4.69, 9.17) is 23.7 Å². The summed E-state index contributed by atoms with van der Waals surface area (Å²) in [5.74, 6) is -0.515. The van der Waals surface area contributed by atoms with Crippen molar-refractivity contribution in [3.05, 3.63) is 202 Å². The molecule has 6 rings (SSSR count). The predicted molar refractivity (Wildman–Crippen MR) is 260 cm³/mol. The number of aliphatic hydroxyl groups excluding tert-OH is 2. The number of amides is 1. The Bertz CT molecular complexity index is 2350. The van der Waals surface area contributed by atoms with Crippen LogP contribution in [0.4, 0.5) is 4.79 Å². The summed E-state index contributed by atoms with van der Waals surface area (Å²) < 4.78 is 27.5. The quantitative estimate of drug-likeness (QED) is 0.0271. The highest BCUT2D eigenvalue weighted by Gasteiger charge is 2.23. The Morgan fingerprint density at radius 1 is 0.515 bits per heavy atom. The number of alkyl carbamates (subject to hydrolysis) is 1. The molecule has 0 aliphatic heterocycles. The zero-order chi connectivity index (χ0) is 47.9. The van der Waals surface area contributed by atoms with E-state index in [9.17, 15) is 24.6 Å². The van der Waals surface area contributed by atoms with Crippen LogP contribution in [0.15, 0.2) is 152 Å². The third-order valence-electron chi connectivity index (χ3n) is 11.5. The van der Waals surface area contributed by atoms with Crippen molar-refractivity contribution in [2.45, 2.75) is 70.6 Å². The normalized spacial score (nSPS) is 11.9. The number of carbonyl (C=O) groups is 3. The third kappa shape index (κ3) is 16.1. The summed E-state index contributed by atoms with van der Waals surface area (Å²) in [6, 6.07) is 47.4. The second-order valence-electron chi connectivity index (χ2n) is 16.6. The average Bonchev–Trinajstić information content (AvgIpc) is 3.38. The Balaban J connectivity index is 1.06. The first-order valence-electron chi connectivity index (χ1n) is 23.1. The number of nitrogens with zero attached hydrogens (tertiary/aromatic N) is 1. The lowest BCUT2D eigenvalue weighted by Crippen LogP contribution is -2.34. The number of esters is 2. The number of carbonyl (C=O) groups excluding carboxylic acids is 3. The number of benzene rings is 6. The Morgan fingerprint density at radius 3 is 1.38 bits per heavy atom. The van der Waals surface area contributed by atoms with Crippen molar-refractivity contribution < 1.29 is 48.3 Å². The minimum absolute atomic E-state index is 0.142. The molecule has 0 aromatic heterocycles. The number of nitrogens with one attached hydrogen (secondary N) is 1. The van der Waals surface area contributed by atoms with Crippen molar-refractivity contribution in [2.24, 2.45) is 0 Å². The van der Waals surface area contributed by atoms with E-state index in [0.717, 1.165) is 55.2 Å². The van der Waals surface area contributed by atoms with E-state index in [1.165, 1.54) is 25.3 Å². The molecule has 0 saturated carbocycles. The SMILES string of the molecule is COC(=O)c1cc([C@@H](O)CN(CCCCc2ccc(CCCCNC(=O)OCc3ccccc3)cc2)C[C@H](O)c2ccc(OCc3ccccc3)c(C(=O)OC)c2)ccc1OCc1ccccc1. The Hall–Kier alpha value is -6.99. The molecule has 12 nitrogen and oxygen atoms in total. The third-order valence-corrected chi connectivity index (χ3v) is 11.5. The molecule has 0 bridgehead atoms. The number of hydrogen-bond donors (Lipinski definition) is 3. The Labute approximate surface area is 399 Å². The molecule has 0 heterocycles. The van der Waals surface area contributed by atoms with Crippen LogP contribution in [0.2, 0.25) is 0 Å². The van der Waals surface area contributed by atoms with E-state index in [1.54, 1.807) is 36.4 Å². The van der Waals surface area contributed by atoms with E-state index in [0.29, 0.717) is 35.7 Å². The van der Waals surface area contributed by atoms with Gasteiger partial charge in [-0.1, -0.05) is 127 Å². The molecule has 3 N–H and O–H groups in total. The molecule has 6 aromatic rings. The molecule has 0 unspecified atom stereocenters. The largest absolute Gasteiger partial charge is 0.488 e. The zero-order valence-corrected chi connectivity index (χ0v) is 38.9.